The lowest BCUT2D eigenvalue weighted by Crippen LogP contribution is -2.44. The van der Waals surface area contributed by atoms with Crippen molar-refractivity contribution in [2.75, 3.05) is 24.7 Å². The summed E-state index contributed by atoms with van der Waals surface area (Å²) in [5.74, 6) is 0. The number of nitrogens with one attached hydrogen (secondary N) is 1. The average molecular weight is 424 g/mol. The molecule has 10 heteroatoms. The number of anilines is 1. The van der Waals surface area contributed by atoms with Gasteiger partial charge in [0.15, 0.2) is 0 Å². The van der Waals surface area contributed by atoms with Crippen LogP contribution in [-0.2, 0) is 10.9 Å². The molecule has 3 N–H and O–H groups in total. The summed E-state index contributed by atoms with van der Waals surface area (Å²) in [5.41, 5.74) is -1.40. The van der Waals surface area contributed by atoms with Crippen LogP contribution in [0.2, 0.25) is 0 Å². The van der Waals surface area contributed by atoms with Gasteiger partial charge in [-0.25, -0.2) is 4.79 Å². The molecule has 0 aliphatic carbocycles. The molecule has 0 saturated carbocycles. The Kier molecular flexibility index (Phi) is 6.47. The molecule has 0 aromatic heterocycles. The van der Waals surface area contributed by atoms with Gasteiger partial charge in [-0.15, -0.1) is 0 Å². The molecular weight excluding hydrogens is 397 g/mol. The first-order valence-electron chi connectivity index (χ1n) is 8.86. The largest absolute Gasteiger partial charge is 0.444 e. The highest BCUT2D eigenvalue weighted by molar-refractivity contribution is 8.23. The van der Waals surface area contributed by atoms with Crippen LogP contribution in [0.1, 0.15) is 39.2 Å². The number of likely N-dealkylation sites (tertiary alicyclic amines) is 1. The molecule has 0 bridgehead atoms. The summed E-state index contributed by atoms with van der Waals surface area (Å²) < 4.78 is 64.6. The van der Waals surface area contributed by atoms with Gasteiger partial charge in [0.1, 0.15) is 5.60 Å². The van der Waals surface area contributed by atoms with Gasteiger partial charge in [0.2, 0.25) is 0 Å². The monoisotopic (exact) mass is 424 g/mol. The van der Waals surface area contributed by atoms with Gasteiger partial charge in [-0.1, -0.05) is 0 Å². The van der Waals surface area contributed by atoms with Crippen LogP contribution in [0.25, 0.3) is 0 Å². The summed E-state index contributed by atoms with van der Waals surface area (Å²) in [6.45, 7) is 6.23. The van der Waals surface area contributed by atoms with Gasteiger partial charge in [-0.05, 0) is 51.8 Å². The minimum atomic E-state index is -4.70. The molecule has 0 spiro atoms. The van der Waals surface area contributed by atoms with Gasteiger partial charge >= 0.3 is 12.3 Å². The maximum absolute atomic E-state index is 13.3. The van der Waals surface area contributed by atoms with E-state index in [1.165, 1.54) is 6.07 Å². The second-order valence-electron chi connectivity index (χ2n) is 7.93. The molecular formula is C18H27F3N2O4S. The fraction of sp³-hybridized carbons (Fsp3) is 0.611. The maximum Gasteiger partial charge on any atom is 0.418 e. The topological polar surface area (TPSA) is 82.0 Å². The number of rotatable bonds is 3. The third-order valence-electron chi connectivity index (χ3n) is 4.22. The summed E-state index contributed by atoms with van der Waals surface area (Å²) >= 11 is 0. The van der Waals surface area contributed by atoms with E-state index >= 15 is 0 Å². The standard InChI is InChI=1S/C18H27F3N2O4S/c1-17(2,3)27-16(24)23-9-7-12(8-10-23)22-13-5-6-15(28(4,25)26)14(11-13)18(19,20)21/h5-6,11-12,22,25-26H,7-10H2,1-4H3. The van der Waals surface area contributed by atoms with Crippen molar-refractivity contribution in [3.8, 4) is 0 Å². The zero-order chi connectivity index (χ0) is 21.3. The SMILES string of the molecule is CC(C)(C)OC(=O)N1CCC(Nc2ccc(S(C)(O)O)c(C(F)(F)F)c2)CC1. The van der Waals surface area contributed by atoms with E-state index in [2.05, 4.69) is 5.32 Å². The quantitative estimate of drug-likeness (QED) is 0.617. The highest BCUT2D eigenvalue weighted by Crippen LogP contribution is 2.50. The van der Waals surface area contributed by atoms with E-state index in [1.807, 2.05) is 0 Å². The number of piperidine rings is 1. The predicted molar refractivity (Wildman–Crippen MR) is 103 cm³/mol. The lowest BCUT2D eigenvalue weighted by atomic mass is 10.0. The molecule has 1 fully saturated rings. The fourth-order valence-electron chi connectivity index (χ4n) is 2.95. The highest BCUT2D eigenvalue weighted by Gasteiger charge is 2.37. The zero-order valence-electron chi connectivity index (χ0n) is 16.3. The molecule has 0 unspecified atom stereocenters. The van der Waals surface area contributed by atoms with Crippen LogP contribution in [0, 0.1) is 0 Å². The van der Waals surface area contributed by atoms with Crippen molar-refractivity contribution < 1.29 is 31.8 Å². The van der Waals surface area contributed by atoms with E-state index < -0.39 is 38.9 Å². The van der Waals surface area contributed by atoms with E-state index in [4.69, 9.17) is 4.74 Å². The molecule has 0 radical (unpaired) electrons. The van der Waals surface area contributed by atoms with E-state index in [1.54, 1.807) is 25.7 Å². The van der Waals surface area contributed by atoms with Crippen molar-refractivity contribution in [1.29, 1.82) is 0 Å². The molecule has 1 aliphatic rings. The van der Waals surface area contributed by atoms with Crippen LogP contribution in [0.3, 0.4) is 0 Å². The first-order valence-corrected chi connectivity index (χ1v) is 10.8. The average Bonchev–Trinajstić information content (AvgIpc) is 2.52. The number of ether oxygens (including phenoxy) is 1. The van der Waals surface area contributed by atoms with Crippen molar-refractivity contribution >= 4 is 22.4 Å². The Hall–Kier alpha value is -1.65. The Bertz CT molecular complexity index is 706. The van der Waals surface area contributed by atoms with Gasteiger partial charge in [0.05, 0.1) is 10.5 Å². The third kappa shape index (κ3) is 6.18. The van der Waals surface area contributed by atoms with Gasteiger partial charge in [-0.2, -0.15) is 23.8 Å². The number of hydrogen-bond donors (Lipinski definition) is 3. The second-order valence-corrected chi connectivity index (χ2v) is 10.0. The van der Waals surface area contributed by atoms with Crippen molar-refractivity contribution in [2.45, 2.75) is 56.3 Å². The van der Waals surface area contributed by atoms with Crippen LogP contribution in [0.5, 0.6) is 0 Å². The predicted octanol–water partition coefficient (Wildman–Crippen LogP) is 5.26. The summed E-state index contributed by atoms with van der Waals surface area (Å²) in [4.78, 5) is 13.1. The Morgan fingerprint density at radius 2 is 1.79 bits per heavy atom. The van der Waals surface area contributed by atoms with Gasteiger partial charge in [-0.3, -0.25) is 9.11 Å². The second kappa shape index (κ2) is 8.00. The Balaban J connectivity index is 2.05. The lowest BCUT2D eigenvalue weighted by molar-refractivity contribution is -0.139. The number of halogens is 3. The molecule has 2 rings (SSSR count). The number of alkyl halides is 3. The van der Waals surface area contributed by atoms with E-state index in [-0.39, 0.29) is 11.7 Å². The normalized spacial score (nSPS) is 17.4. The molecule has 1 aromatic rings. The van der Waals surface area contributed by atoms with Gasteiger partial charge < -0.3 is 15.0 Å². The number of amides is 1. The Morgan fingerprint density at radius 3 is 2.25 bits per heavy atom. The molecule has 1 amide bonds. The van der Waals surface area contributed by atoms with E-state index in [0.29, 0.717) is 25.9 Å². The minimum absolute atomic E-state index is 0.104. The fourth-order valence-corrected chi connectivity index (χ4v) is 3.86. The molecule has 1 heterocycles. The molecule has 0 atom stereocenters. The van der Waals surface area contributed by atoms with Crippen LogP contribution < -0.4 is 5.32 Å². The third-order valence-corrected chi connectivity index (χ3v) is 5.41. The number of benzene rings is 1. The van der Waals surface area contributed by atoms with Crippen LogP contribution in [-0.4, -0.2) is 51.1 Å². The summed E-state index contributed by atoms with van der Waals surface area (Å²) in [6, 6.07) is 3.29. The molecule has 6 nitrogen and oxygen atoms in total. The van der Waals surface area contributed by atoms with Crippen molar-refractivity contribution in [2.24, 2.45) is 0 Å². The Labute approximate surface area is 164 Å². The van der Waals surface area contributed by atoms with Crippen molar-refractivity contribution in [3.63, 3.8) is 0 Å². The van der Waals surface area contributed by atoms with E-state index in [0.717, 1.165) is 18.4 Å². The number of hydrogen-bond acceptors (Lipinski definition) is 5. The lowest BCUT2D eigenvalue weighted by Gasteiger charge is -2.34. The van der Waals surface area contributed by atoms with Gasteiger partial charge in [0.25, 0.3) is 0 Å². The number of carbonyl (C=O) groups is 1. The van der Waals surface area contributed by atoms with Crippen molar-refractivity contribution in [1.82, 2.24) is 4.90 Å². The van der Waals surface area contributed by atoms with E-state index in [9.17, 15) is 27.1 Å². The van der Waals surface area contributed by atoms with Crippen molar-refractivity contribution in [3.05, 3.63) is 23.8 Å². The molecule has 1 aromatic carbocycles. The summed E-state index contributed by atoms with van der Waals surface area (Å²) in [7, 11) is -3.50. The smallest absolute Gasteiger partial charge is 0.418 e. The zero-order valence-corrected chi connectivity index (χ0v) is 17.2. The minimum Gasteiger partial charge on any atom is -0.444 e. The summed E-state index contributed by atoms with van der Waals surface area (Å²) in [5, 5.41) is 3.05. The first-order chi connectivity index (χ1) is 12.7. The Morgan fingerprint density at radius 1 is 1.21 bits per heavy atom. The molecule has 160 valence electrons. The number of nitrogens with zero attached hydrogens (tertiary/aromatic N) is 1. The number of carbonyl (C=O) groups excluding carboxylic acids is 1. The molecule has 1 aliphatic heterocycles. The first kappa shape index (κ1) is 22.6. The van der Waals surface area contributed by atoms with Crippen LogP contribution in [0.4, 0.5) is 23.7 Å². The summed E-state index contributed by atoms with van der Waals surface area (Å²) in [6.07, 6.45) is -3.01. The van der Waals surface area contributed by atoms with Gasteiger partial charge in [0, 0.05) is 31.1 Å². The van der Waals surface area contributed by atoms with Crippen LogP contribution in [0.15, 0.2) is 23.1 Å². The maximum atomic E-state index is 13.3. The highest BCUT2D eigenvalue weighted by atomic mass is 32.3. The van der Waals surface area contributed by atoms with Crippen LogP contribution >= 0.6 is 10.6 Å². The molecule has 28 heavy (non-hydrogen) atoms. The molecule has 1 saturated heterocycles.